The van der Waals surface area contributed by atoms with E-state index in [1.54, 1.807) is 18.1 Å². The van der Waals surface area contributed by atoms with Crippen LogP contribution in [0.15, 0.2) is 67.3 Å². The second-order valence-electron chi connectivity index (χ2n) is 16.5. The lowest BCUT2D eigenvalue weighted by atomic mass is 9.77. The third kappa shape index (κ3) is 8.50. The van der Waals surface area contributed by atoms with Gasteiger partial charge in [-0.05, 0) is 36.8 Å². The molecule has 4 aliphatic rings. The number of carbonyl (C=O) groups is 4. The average molecular weight is 802 g/mol. The molecule has 2 aliphatic carbocycles. The molecule has 5 atom stereocenters. The van der Waals surface area contributed by atoms with E-state index in [9.17, 15) is 27.6 Å². The standard InChI is InChI=1S/C42H51N5O9S/c1-6-27-24-42(27,40(51)45-57(52,53)30-13-14-30)44-38(49)35-21-29(25-47(35)39(50)32(41(2,3)4)22-37(48)46-16-18-55-19-17-46)56-36-23-33(26-10-8-7-9-11-26)43-34-20-28(54-5)12-15-31(34)36/h6-12,15,20,23,27,29-30,32,35H,1,13-14,16-19,21-22,24-25H2,2-5H3,(H,44,49)(H,45,51)/t27-,29-,32-,35+,42-/m1/s1. The molecule has 0 radical (unpaired) electrons. The Hall–Kier alpha value is -5.02. The molecule has 0 unspecified atom stereocenters. The number of likely N-dealkylation sites (tertiary alicyclic amines) is 1. The van der Waals surface area contributed by atoms with E-state index in [0.717, 1.165) is 5.56 Å². The van der Waals surface area contributed by atoms with E-state index < -0.39 is 67.9 Å². The highest BCUT2D eigenvalue weighted by atomic mass is 32.2. The molecule has 4 amide bonds. The molecule has 1 aromatic heterocycles. The Morgan fingerprint density at radius 2 is 1.79 bits per heavy atom. The van der Waals surface area contributed by atoms with Gasteiger partial charge in [-0.15, -0.1) is 6.58 Å². The number of nitrogens with zero attached hydrogens (tertiary/aromatic N) is 3. The number of pyridine rings is 1. The van der Waals surface area contributed by atoms with Gasteiger partial charge in [-0.3, -0.25) is 23.9 Å². The summed E-state index contributed by atoms with van der Waals surface area (Å²) < 4.78 is 45.5. The Labute approximate surface area is 333 Å². The highest BCUT2D eigenvalue weighted by Crippen LogP contribution is 2.46. The van der Waals surface area contributed by atoms with Gasteiger partial charge < -0.3 is 29.3 Å². The maximum atomic E-state index is 14.8. The summed E-state index contributed by atoms with van der Waals surface area (Å²) in [5.74, 6) is -2.24. The molecule has 14 nitrogen and oxygen atoms in total. The maximum absolute atomic E-state index is 14.8. The summed E-state index contributed by atoms with van der Waals surface area (Å²) >= 11 is 0. The molecular formula is C42H51N5O9S. The number of hydrogen-bond acceptors (Lipinski definition) is 10. The van der Waals surface area contributed by atoms with Gasteiger partial charge in [-0.1, -0.05) is 57.2 Å². The Balaban J connectivity index is 1.21. The van der Waals surface area contributed by atoms with E-state index in [-0.39, 0.29) is 31.7 Å². The molecule has 2 saturated carbocycles. The van der Waals surface area contributed by atoms with Crippen molar-refractivity contribution in [1.82, 2.24) is 24.8 Å². The minimum Gasteiger partial charge on any atom is -0.497 e. The number of methoxy groups -OCH3 is 1. The van der Waals surface area contributed by atoms with Crippen LogP contribution in [-0.4, -0.2) is 110 Å². The lowest BCUT2D eigenvalue weighted by Gasteiger charge is -2.36. The summed E-state index contributed by atoms with van der Waals surface area (Å²) in [5, 5.41) is 2.91. The van der Waals surface area contributed by atoms with Crippen LogP contribution in [0.5, 0.6) is 11.5 Å². The van der Waals surface area contributed by atoms with Crippen molar-refractivity contribution in [2.45, 2.75) is 75.8 Å². The minimum atomic E-state index is -3.90. The quantitative estimate of drug-likeness (QED) is 0.242. The fourth-order valence-electron chi connectivity index (χ4n) is 7.81. The van der Waals surface area contributed by atoms with Crippen LogP contribution >= 0.6 is 0 Å². The van der Waals surface area contributed by atoms with Gasteiger partial charge in [0.05, 0.1) is 49.2 Å². The summed E-state index contributed by atoms with van der Waals surface area (Å²) in [4.78, 5) is 64.6. The number of carbonyl (C=O) groups excluding carboxylic acids is 4. The summed E-state index contributed by atoms with van der Waals surface area (Å²) in [5.41, 5.74) is -0.0844. The van der Waals surface area contributed by atoms with Crippen LogP contribution < -0.4 is 19.5 Å². The number of morpholine rings is 1. The first kappa shape index (κ1) is 40.2. The van der Waals surface area contributed by atoms with Gasteiger partial charge >= 0.3 is 0 Å². The van der Waals surface area contributed by atoms with Gasteiger partial charge in [-0.25, -0.2) is 13.4 Å². The number of fused-ring (bicyclic) bond motifs is 1. The summed E-state index contributed by atoms with van der Waals surface area (Å²) in [7, 11) is -2.33. The van der Waals surface area contributed by atoms with Crippen molar-refractivity contribution in [2.75, 3.05) is 40.0 Å². The van der Waals surface area contributed by atoms with E-state index in [4.69, 9.17) is 19.2 Å². The van der Waals surface area contributed by atoms with Crippen LogP contribution in [0.4, 0.5) is 0 Å². The van der Waals surface area contributed by atoms with Crippen molar-refractivity contribution in [3.63, 3.8) is 0 Å². The Bertz CT molecular complexity index is 2160. The summed E-state index contributed by atoms with van der Waals surface area (Å²) in [6.45, 7) is 11.2. The number of sulfonamides is 1. The third-order valence-electron chi connectivity index (χ3n) is 11.5. The van der Waals surface area contributed by atoms with E-state index in [0.29, 0.717) is 67.2 Å². The Kier molecular flexibility index (Phi) is 11.1. The topological polar surface area (TPSA) is 174 Å². The normalized spacial score (nSPS) is 24.0. The smallest absolute Gasteiger partial charge is 0.259 e. The Morgan fingerprint density at radius 1 is 1.07 bits per heavy atom. The molecule has 15 heteroatoms. The SMILES string of the molecule is C=C[C@@H]1C[C@]1(NC(=O)[C@@H]1C[C@@H](Oc2cc(-c3ccccc3)nc3cc(OC)ccc23)CN1C(=O)[C@@H](CC(=O)N1CCOCC1)C(C)(C)C)C(=O)NS(=O)(=O)C1CC1. The van der Waals surface area contributed by atoms with Gasteiger partial charge in [0.1, 0.15) is 29.2 Å². The van der Waals surface area contributed by atoms with Crippen LogP contribution in [0.3, 0.4) is 0 Å². The molecule has 2 aromatic carbocycles. The van der Waals surface area contributed by atoms with E-state index in [2.05, 4.69) is 16.6 Å². The molecule has 2 aliphatic heterocycles. The predicted molar refractivity (Wildman–Crippen MR) is 212 cm³/mol. The highest BCUT2D eigenvalue weighted by Gasteiger charge is 2.62. The molecule has 2 N–H and O–H groups in total. The molecule has 0 bridgehead atoms. The van der Waals surface area contributed by atoms with Crippen molar-refractivity contribution in [3.05, 3.63) is 67.3 Å². The first-order valence-electron chi connectivity index (χ1n) is 19.5. The highest BCUT2D eigenvalue weighted by molar-refractivity contribution is 7.91. The number of rotatable bonds is 13. The van der Waals surface area contributed by atoms with Crippen LogP contribution in [0.2, 0.25) is 0 Å². The second kappa shape index (κ2) is 15.7. The van der Waals surface area contributed by atoms with Crippen molar-refractivity contribution >= 4 is 44.6 Å². The first-order valence-corrected chi connectivity index (χ1v) is 21.1. The molecule has 304 valence electrons. The number of amides is 4. The average Bonchev–Trinajstić information content (AvgIpc) is 4.13. The van der Waals surface area contributed by atoms with Gasteiger partial charge in [0, 0.05) is 54.9 Å². The molecule has 0 spiro atoms. The number of ether oxygens (including phenoxy) is 3. The molecule has 7 rings (SSSR count). The molecule has 3 aromatic rings. The van der Waals surface area contributed by atoms with Crippen molar-refractivity contribution in [1.29, 1.82) is 0 Å². The van der Waals surface area contributed by atoms with Crippen molar-refractivity contribution in [3.8, 4) is 22.8 Å². The van der Waals surface area contributed by atoms with Gasteiger partial charge in [-0.2, -0.15) is 0 Å². The van der Waals surface area contributed by atoms with Crippen LogP contribution in [0.25, 0.3) is 22.2 Å². The largest absolute Gasteiger partial charge is 0.497 e. The van der Waals surface area contributed by atoms with E-state index in [1.165, 1.54) is 11.0 Å². The lowest BCUT2D eigenvalue weighted by Crippen LogP contribution is -2.57. The molecular weight excluding hydrogens is 751 g/mol. The minimum absolute atomic E-state index is 0.00995. The zero-order valence-corrected chi connectivity index (χ0v) is 33.7. The third-order valence-corrected chi connectivity index (χ3v) is 13.3. The summed E-state index contributed by atoms with van der Waals surface area (Å²) in [6, 6.07) is 15.8. The maximum Gasteiger partial charge on any atom is 0.259 e. The summed E-state index contributed by atoms with van der Waals surface area (Å²) in [6.07, 6.45) is 1.90. The van der Waals surface area contributed by atoms with Gasteiger partial charge in [0.25, 0.3) is 5.91 Å². The molecule has 3 heterocycles. The van der Waals surface area contributed by atoms with Crippen molar-refractivity contribution < 1.29 is 41.8 Å². The number of aromatic nitrogens is 1. The van der Waals surface area contributed by atoms with E-state index in [1.807, 2.05) is 69.3 Å². The molecule has 57 heavy (non-hydrogen) atoms. The fraction of sp³-hybridized carbons (Fsp3) is 0.500. The lowest BCUT2D eigenvalue weighted by molar-refractivity contribution is -0.149. The van der Waals surface area contributed by atoms with Gasteiger partial charge in [0.2, 0.25) is 27.7 Å². The monoisotopic (exact) mass is 801 g/mol. The number of benzene rings is 2. The van der Waals surface area contributed by atoms with Crippen LogP contribution in [0, 0.1) is 17.3 Å². The predicted octanol–water partition coefficient (Wildman–Crippen LogP) is 3.84. The first-order chi connectivity index (χ1) is 27.1. The van der Waals surface area contributed by atoms with Gasteiger partial charge in [0.15, 0.2) is 0 Å². The zero-order valence-electron chi connectivity index (χ0n) is 32.9. The molecule has 4 fully saturated rings. The van der Waals surface area contributed by atoms with Crippen molar-refractivity contribution in [2.24, 2.45) is 17.3 Å². The Morgan fingerprint density at radius 3 is 2.42 bits per heavy atom. The van der Waals surface area contributed by atoms with E-state index >= 15 is 0 Å². The van der Waals surface area contributed by atoms with Crippen LogP contribution in [-0.2, 0) is 33.9 Å². The zero-order chi connectivity index (χ0) is 40.7. The fourth-order valence-corrected chi connectivity index (χ4v) is 9.18. The second-order valence-corrected chi connectivity index (χ2v) is 18.5. The van der Waals surface area contributed by atoms with Crippen LogP contribution in [0.1, 0.15) is 52.9 Å². The molecule has 2 saturated heterocycles. The number of hydrogen-bond donors (Lipinski definition) is 2. The number of nitrogens with one attached hydrogen (secondary N) is 2.